The summed E-state index contributed by atoms with van der Waals surface area (Å²) in [4.78, 5) is 20.5. The lowest BCUT2D eigenvalue weighted by Gasteiger charge is -2.21. The number of fused-ring (bicyclic) bond motifs is 1. The quantitative estimate of drug-likeness (QED) is 0.848. The zero-order chi connectivity index (χ0) is 19.0. The van der Waals surface area contributed by atoms with Crippen LogP contribution < -0.4 is 15.4 Å². The van der Waals surface area contributed by atoms with Crippen molar-refractivity contribution in [2.75, 3.05) is 33.3 Å². The van der Waals surface area contributed by atoms with Crippen LogP contribution >= 0.6 is 11.3 Å². The molecule has 3 heterocycles. The summed E-state index contributed by atoms with van der Waals surface area (Å²) in [5, 5.41) is 7.54. The highest BCUT2D eigenvalue weighted by molar-refractivity contribution is 7.15. The zero-order valence-electron chi connectivity index (χ0n) is 16.0. The molecule has 2 N–H and O–H groups in total. The number of rotatable bonds is 4. The van der Waals surface area contributed by atoms with Gasteiger partial charge in [-0.15, -0.1) is 11.3 Å². The maximum atomic E-state index is 12.7. The Labute approximate surface area is 163 Å². The van der Waals surface area contributed by atoms with Crippen molar-refractivity contribution in [3.05, 3.63) is 34.8 Å². The number of nitrogens with one attached hydrogen (secondary N) is 2. The summed E-state index contributed by atoms with van der Waals surface area (Å²) < 4.78 is 5.22. The average molecular weight is 387 g/mol. The molecular weight excluding hydrogens is 360 g/mol. The molecule has 2 saturated heterocycles. The number of benzene rings is 1. The fraction of sp³-hybridized carbons (Fsp3) is 0.500. The number of amides is 2. The SMILES string of the molecule is COc1ccc(-c2nc(C)c(C(C)NC(=O)N3C[C@H]4CNC[C@H]4C3)s2)cc1. The lowest BCUT2D eigenvalue weighted by Crippen LogP contribution is -2.41. The summed E-state index contributed by atoms with van der Waals surface area (Å²) in [5.41, 5.74) is 2.04. The normalized spacial score (nSPS) is 22.6. The van der Waals surface area contributed by atoms with E-state index in [1.54, 1.807) is 18.4 Å². The third-order valence-electron chi connectivity index (χ3n) is 5.58. The Hall–Kier alpha value is -2.12. The molecular formula is C20H26N4O2S. The largest absolute Gasteiger partial charge is 0.497 e. The third-order valence-corrected chi connectivity index (χ3v) is 6.97. The van der Waals surface area contributed by atoms with Crippen LogP contribution in [0.4, 0.5) is 4.79 Å². The molecule has 2 aliphatic heterocycles. The summed E-state index contributed by atoms with van der Waals surface area (Å²) in [6, 6.07) is 7.89. The number of carbonyl (C=O) groups is 1. The molecule has 0 bridgehead atoms. The molecule has 4 rings (SSSR count). The van der Waals surface area contributed by atoms with Crippen LogP contribution in [-0.4, -0.2) is 49.2 Å². The standard InChI is InChI=1S/C20H26N4O2S/c1-12-18(27-19(22-12)14-4-6-17(26-3)7-5-14)13(2)23-20(25)24-10-15-8-21-9-16(15)11-24/h4-7,13,15-16,21H,8-11H2,1-3H3,(H,23,25)/t13?,15-,16+. The predicted octanol–water partition coefficient (Wildman–Crippen LogP) is 3.05. The van der Waals surface area contributed by atoms with Gasteiger partial charge in [-0.05, 0) is 49.9 Å². The zero-order valence-corrected chi connectivity index (χ0v) is 16.8. The fourth-order valence-corrected chi connectivity index (χ4v) is 5.10. The average Bonchev–Trinajstić information content (AvgIpc) is 3.36. The van der Waals surface area contributed by atoms with Gasteiger partial charge in [0.25, 0.3) is 0 Å². The topological polar surface area (TPSA) is 66.5 Å². The lowest BCUT2D eigenvalue weighted by atomic mass is 10.0. The minimum atomic E-state index is -0.0550. The van der Waals surface area contributed by atoms with Crippen molar-refractivity contribution in [3.8, 4) is 16.3 Å². The Bertz CT molecular complexity index is 808. The Balaban J connectivity index is 1.43. The molecule has 2 aliphatic rings. The Morgan fingerprint density at radius 2 is 1.96 bits per heavy atom. The van der Waals surface area contributed by atoms with Gasteiger partial charge in [0.15, 0.2) is 0 Å². The molecule has 0 radical (unpaired) electrons. The summed E-state index contributed by atoms with van der Waals surface area (Å²) >= 11 is 1.64. The van der Waals surface area contributed by atoms with Crippen LogP contribution in [0.5, 0.6) is 5.75 Å². The first-order valence-corrected chi connectivity index (χ1v) is 10.2. The number of hydrogen-bond acceptors (Lipinski definition) is 5. The van der Waals surface area contributed by atoms with Gasteiger partial charge in [0, 0.05) is 31.7 Å². The molecule has 0 saturated carbocycles. The van der Waals surface area contributed by atoms with Crippen molar-refractivity contribution >= 4 is 17.4 Å². The number of methoxy groups -OCH3 is 1. The second-order valence-corrected chi connectivity index (χ2v) is 8.48. The van der Waals surface area contributed by atoms with E-state index in [0.717, 1.165) is 53.1 Å². The number of nitrogens with zero attached hydrogens (tertiary/aromatic N) is 2. The molecule has 1 aromatic carbocycles. The summed E-state index contributed by atoms with van der Waals surface area (Å²) in [7, 11) is 1.66. The number of aromatic nitrogens is 1. The highest BCUT2D eigenvalue weighted by Gasteiger charge is 2.38. The Morgan fingerprint density at radius 3 is 2.59 bits per heavy atom. The van der Waals surface area contributed by atoms with E-state index in [9.17, 15) is 4.79 Å². The first-order chi connectivity index (χ1) is 13.0. The number of hydrogen-bond donors (Lipinski definition) is 2. The van der Waals surface area contributed by atoms with Gasteiger partial charge in [-0.3, -0.25) is 0 Å². The van der Waals surface area contributed by atoms with Crippen molar-refractivity contribution in [1.29, 1.82) is 0 Å². The molecule has 2 aromatic rings. The van der Waals surface area contributed by atoms with E-state index in [2.05, 4.69) is 10.6 Å². The van der Waals surface area contributed by atoms with E-state index in [1.165, 1.54) is 0 Å². The molecule has 144 valence electrons. The number of likely N-dealkylation sites (tertiary alicyclic amines) is 1. The van der Waals surface area contributed by atoms with Gasteiger partial charge in [-0.2, -0.15) is 0 Å². The van der Waals surface area contributed by atoms with E-state index in [4.69, 9.17) is 9.72 Å². The van der Waals surface area contributed by atoms with E-state index in [-0.39, 0.29) is 12.1 Å². The second kappa shape index (κ2) is 7.48. The molecule has 2 fully saturated rings. The highest BCUT2D eigenvalue weighted by atomic mass is 32.1. The van der Waals surface area contributed by atoms with Crippen LogP contribution in [0.25, 0.3) is 10.6 Å². The van der Waals surface area contributed by atoms with Crippen LogP contribution in [0.2, 0.25) is 0 Å². The van der Waals surface area contributed by atoms with Crippen LogP contribution in [-0.2, 0) is 0 Å². The minimum absolute atomic E-state index is 0.0377. The van der Waals surface area contributed by atoms with E-state index >= 15 is 0 Å². The number of aryl methyl sites for hydroxylation is 1. The first-order valence-electron chi connectivity index (χ1n) is 9.43. The molecule has 0 spiro atoms. The van der Waals surface area contributed by atoms with Crippen molar-refractivity contribution < 1.29 is 9.53 Å². The number of urea groups is 1. The summed E-state index contributed by atoms with van der Waals surface area (Å²) in [6.45, 7) is 7.82. The maximum Gasteiger partial charge on any atom is 0.317 e. The monoisotopic (exact) mass is 386 g/mol. The van der Waals surface area contributed by atoms with Gasteiger partial charge >= 0.3 is 6.03 Å². The predicted molar refractivity (Wildman–Crippen MR) is 107 cm³/mol. The smallest absolute Gasteiger partial charge is 0.317 e. The second-order valence-electron chi connectivity index (χ2n) is 7.45. The first kappa shape index (κ1) is 18.3. The maximum absolute atomic E-state index is 12.7. The van der Waals surface area contributed by atoms with Crippen LogP contribution in [0.15, 0.2) is 24.3 Å². The lowest BCUT2D eigenvalue weighted by molar-refractivity contribution is 0.202. The van der Waals surface area contributed by atoms with Crippen molar-refractivity contribution in [1.82, 2.24) is 20.5 Å². The van der Waals surface area contributed by atoms with E-state index in [1.807, 2.05) is 43.0 Å². The van der Waals surface area contributed by atoms with Crippen LogP contribution in [0.1, 0.15) is 23.5 Å². The molecule has 3 atom stereocenters. The number of thiazole rings is 1. The Morgan fingerprint density at radius 1 is 1.30 bits per heavy atom. The number of carbonyl (C=O) groups excluding carboxylic acids is 1. The van der Waals surface area contributed by atoms with Gasteiger partial charge < -0.3 is 20.3 Å². The molecule has 2 amide bonds. The van der Waals surface area contributed by atoms with E-state index < -0.39 is 0 Å². The molecule has 6 nitrogen and oxygen atoms in total. The summed E-state index contributed by atoms with van der Waals surface area (Å²) in [5.74, 6) is 2.05. The third kappa shape index (κ3) is 3.66. The van der Waals surface area contributed by atoms with Crippen LogP contribution in [0, 0.1) is 18.8 Å². The van der Waals surface area contributed by atoms with Gasteiger partial charge in [0.05, 0.1) is 23.7 Å². The van der Waals surface area contributed by atoms with Gasteiger partial charge in [-0.25, -0.2) is 9.78 Å². The van der Waals surface area contributed by atoms with Crippen molar-refractivity contribution in [2.45, 2.75) is 19.9 Å². The fourth-order valence-electron chi connectivity index (χ4n) is 4.03. The van der Waals surface area contributed by atoms with Crippen molar-refractivity contribution in [2.24, 2.45) is 11.8 Å². The molecule has 0 aliphatic carbocycles. The molecule has 1 aromatic heterocycles. The number of ether oxygens (including phenoxy) is 1. The van der Waals surface area contributed by atoms with Crippen molar-refractivity contribution in [3.63, 3.8) is 0 Å². The van der Waals surface area contributed by atoms with Gasteiger partial charge in [0.2, 0.25) is 0 Å². The Kier molecular flexibility index (Phi) is 5.06. The summed E-state index contributed by atoms with van der Waals surface area (Å²) in [6.07, 6.45) is 0. The van der Waals surface area contributed by atoms with Gasteiger partial charge in [0.1, 0.15) is 10.8 Å². The minimum Gasteiger partial charge on any atom is -0.497 e. The van der Waals surface area contributed by atoms with Crippen LogP contribution in [0.3, 0.4) is 0 Å². The molecule has 7 heteroatoms. The molecule has 1 unspecified atom stereocenters. The van der Waals surface area contributed by atoms with Gasteiger partial charge in [-0.1, -0.05) is 0 Å². The highest BCUT2D eigenvalue weighted by Crippen LogP contribution is 2.33. The molecule has 27 heavy (non-hydrogen) atoms. The van der Waals surface area contributed by atoms with E-state index in [0.29, 0.717) is 11.8 Å².